The summed E-state index contributed by atoms with van der Waals surface area (Å²) >= 11 is 0. The SMILES string of the molecule is CN=C(N)N1CCCOCC1. The molecule has 11 heavy (non-hydrogen) atoms. The van der Waals surface area contributed by atoms with E-state index >= 15 is 0 Å². The van der Waals surface area contributed by atoms with Gasteiger partial charge in [0.1, 0.15) is 0 Å². The molecule has 1 aliphatic heterocycles. The molecule has 1 saturated heterocycles. The monoisotopic (exact) mass is 157 g/mol. The van der Waals surface area contributed by atoms with Crippen LogP contribution in [0, 0.1) is 0 Å². The van der Waals surface area contributed by atoms with Crippen LogP contribution in [-0.4, -0.2) is 44.2 Å². The van der Waals surface area contributed by atoms with E-state index in [1.807, 2.05) is 4.90 Å². The van der Waals surface area contributed by atoms with Gasteiger partial charge in [-0.1, -0.05) is 0 Å². The van der Waals surface area contributed by atoms with E-state index in [9.17, 15) is 0 Å². The number of nitrogens with two attached hydrogens (primary N) is 1. The molecule has 0 radical (unpaired) electrons. The molecule has 4 nitrogen and oxygen atoms in total. The van der Waals surface area contributed by atoms with Crippen molar-refractivity contribution in [3.63, 3.8) is 0 Å². The van der Waals surface area contributed by atoms with Crippen LogP contribution in [0.5, 0.6) is 0 Å². The Balaban J connectivity index is 2.42. The van der Waals surface area contributed by atoms with Crippen molar-refractivity contribution in [3.05, 3.63) is 0 Å². The van der Waals surface area contributed by atoms with Gasteiger partial charge in [0.05, 0.1) is 6.61 Å². The van der Waals surface area contributed by atoms with E-state index < -0.39 is 0 Å². The summed E-state index contributed by atoms with van der Waals surface area (Å²) in [7, 11) is 1.71. The van der Waals surface area contributed by atoms with E-state index in [-0.39, 0.29) is 0 Å². The quantitative estimate of drug-likeness (QED) is 0.386. The molecular weight excluding hydrogens is 142 g/mol. The Hall–Kier alpha value is -0.770. The summed E-state index contributed by atoms with van der Waals surface area (Å²) in [6.45, 7) is 3.43. The molecule has 0 spiro atoms. The molecule has 0 aromatic carbocycles. The summed E-state index contributed by atoms with van der Waals surface area (Å²) < 4.78 is 5.27. The molecule has 0 unspecified atom stereocenters. The second kappa shape index (κ2) is 4.18. The van der Waals surface area contributed by atoms with Gasteiger partial charge in [0.2, 0.25) is 0 Å². The molecule has 4 heteroatoms. The second-order valence-corrected chi connectivity index (χ2v) is 2.53. The van der Waals surface area contributed by atoms with Crippen molar-refractivity contribution in [1.29, 1.82) is 0 Å². The Morgan fingerprint density at radius 2 is 2.27 bits per heavy atom. The lowest BCUT2D eigenvalue weighted by molar-refractivity contribution is 0.147. The molecule has 1 fully saturated rings. The molecule has 0 saturated carbocycles. The standard InChI is InChI=1S/C7H15N3O/c1-9-7(8)10-3-2-5-11-6-4-10/h2-6H2,1H3,(H2,8,9). The molecule has 1 heterocycles. The molecule has 0 atom stereocenters. The Labute approximate surface area is 67.0 Å². The highest BCUT2D eigenvalue weighted by Crippen LogP contribution is 1.97. The van der Waals surface area contributed by atoms with Crippen LogP contribution in [0.3, 0.4) is 0 Å². The average Bonchev–Trinajstić information content (AvgIpc) is 2.30. The van der Waals surface area contributed by atoms with Gasteiger partial charge in [0, 0.05) is 26.7 Å². The van der Waals surface area contributed by atoms with Gasteiger partial charge < -0.3 is 15.4 Å². The molecule has 1 aliphatic rings. The van der Waals surface area contributed by atoms with Gasteiger partial charge in [-0.05, 0) is 6.42 Å². The zero-order valence-electron chi connectivity index (χ0n) is 6.92. The smallest absolute Gasteiger partial charge is 0.191 e. The highest BCUT2D eigenvalue weighted by atomic mass is 16.5. The lowest BCUT2D eigenvalue weighted by Crippen LogP contribution is -2.38. The lowest BCUT2D eigenvalue weighted by atomic mass is 10.4. The van der Waals surface area contributed by atoms with Crippen molar-refractivity contribution in [2.45, 2.75) is 6.42 Å². The first-order chi connectivity index (χ1) is 5.34. The fraction of sp³-hybridized carbons (Fsp3) is 0.857. The third kappa shape index (κ3) is 2.38. The number of ether oxygens (including phenoxy) is 1. The third-order valence-corrected chi connectivity index (χ3v) is 1.78. The van der Waals surface area contributed by atoms with Crippen LogP contribution >= 0.6 is 0 Å². The van der Waals surface area contributed by atoms with E-state index in [4.69, 9.17) is 10.5 Å². The predicted octanol–water partition coefficient (Wildman–Crippen LogP) is -0.347. The summed E-state index contributed by atoms with van der Waals surface area (Å²) in [5.41, 5.74) is 5.64. The molecule has 64 valence electrons. The maximum atomic E-state index is 5.64. The highest BCUT2D eigenvalue weighted by molar-refractivity contribution is 5.77. The molecule has 0 aliphatic carbocycles. The van der Waals surface area contributed by atoms with Gasteiger partial charge in [0.15, 0.2) is 5.96 Å². The topological polar surface area (TPSA) is 50.8 Å². The van der Waals surface area contributed by atoms with Crippen molar-refractivity contribution < 1.29 is 4.74 Å². The molecule has 0 amide bonds. The van der Waals surface area contributed by atoms with Crippen LogP contribution < -0.4 is 5.73 Å². The van der Waals surface area contributed by atoms with Crippen molar-refractivity contribution in [2.24, 2.45) is 10.7 Å². The summed E-state index contributed by atoms with van der Waals surface area (Å²) in [6.07, 6.45) is 1.04. The third-order valence-electron chi connectivity index (χ3n) is 1.78. The van der Waals surface area contributed by atoms with Gasteiger partial charge in [0.25, 0.3) is 0 Å². The number of hydrogen-bond acceptors (Lipinski definition) is 2. The van der Waals surface area contributed by atoms with Gasteiger partial charge in [-0.2, -0.15) is 0 Å². The Kier molecular flexibility index (Phi) is 3.16. The van der Waals surface area contributed by atoms with Crippen LogP contribution in [0.25, 0.3) is 0 Å². The largest absolute Gasteiger partial charge is 0.380 e. The second-order valence-electron chi connectivity index (χ2n) is 2.53. The Morgan fingerprint density at radius 3 is 3.00 bits per heavy atom. The predicted molar refractivity (Wildman–Crippen MR) is 44.6 cm³/mol. The maximum absolute atomic E-state index is 5.64. The number of aliphatic imine (C=N–C) groups is 1. The summed E-state index contributed by atoms with van der Waals surface area (Å²) in [4.78, 5) is 5.97. The lowest BCUT2D eigenvalue weighted by Gasteiger charge is -2.19. The molecular formula is C7H15N3O. The number of hydrogen-bond donors (Lipinski definition) is 1. The van der Waals surface area contributed by atoms with Crippen molar-refractivity contribution >= 4 is 5.96 Å². The van der Waals surface area contributed by atoms with E-state index in [1.165, 1.54) is 0 Å². The number of guanidine groups is 1. The first kappa shape index (κ1) is 8.33. The Bertz CT molecular complexity index is 139. The Morgan fingerprint density at radius 1 is 1.45 bits per heavy atom. The van der Waals surface area contributed by atoms with E-state index in [0.29, 0.717) is 5.96 Å². The van der Waals surface area contributed by atoms with Crippen molar-refractivity contribution in [1.82, 2.24) is 4.90 Å². The fourth-order valence-corrected chi connectivity index (χ4v) is 1.12. The minimum absolute atomic E-state index is 0.621. The van der Waals surface area contributed by atoms with Gasteiger partial charge in [-0.25, -0.2) is 0 Å². The van der Waals surface area contributed by atoms with Gasteiger partial charge in [-0.3, -0.25) is 4.99 Å². The minimum Gasteiger partial charge on any atom is -0.380 e. The summed E-state index contributed by atoms with van der Waals surface area (Å²) in [6, 6.07) is 0. The van der Waals surface area contributed by atoms with Gasteiger partial charge in [-0.15, -0.1) is 0 Å². The summed E-state index contributed by atoms with van der Waals surface area (Å²) in [5, 5.41) is 0. The summed E-state index contributed by atoms with van der Waals surface area (Å²) in [5.74, 6) is 0.621. The molecule has 2 N–H and O–H groups in total. The van der Waals surface area contributed by atoms with Crippen LogP contribution in [0.1, 0.15) is 6.42 Å². The van der Waals surface area contributed by atoms with Crippen LogP contribution in [-0.2, 0) is 4.74 Å². The first-order valence-electron chi connectivity index (χ1n) is 3.89. The first-order valence-corrected chi connectivity index (χ1v) is 3.89. The van der Waals surface area contributed by atoms with Crippen molar-refractivity contribution in [3.8, 4) is 0 Å². The fourth-order valence-electron chi connectivity index (χ4n) is 1.12. The molecule has 0 aromatic heterocycles. The number of rotatable bonds is 0. The average molecular weight is 157 g/mol. The molecule has 0 bridgehead atoms. The molecule has 1 rings (SSSR count). The zero-order chi connectivity index (χ0) is 8.10. The van der Waals surface area contributed by atoms with E-state index in [1.54, 1.807) is 7.05 Å². The highest BCUT2D eigenvalue weighted by Gasteiger charge is 2.09. The normalized spacial score (nSPS) is 21.5. The minimum atomic E-state index is 0.621. The molecule has 0 aromatic rings. The van der Waals surface area contributed by atoms with Crippen molar-refractivity contribution in [2.75, 3.05) is 33.4 Å². The van der Waals surface area contributed by atoms with E-state index in [2.05, 4.69) is 4.99 Å². The van der Waals surface area contributed by atoms with Crippen LogP contribution in [0.2, 0.25) is 0 Å². The van der Waals surface area contributed by atoms with Crippen LogP contribution in [0.15, 0.2) is 4.99 Å². The van der Waals surface area contributed by atoms with E-state index in [0.717, 1.165) is 32.7 Å². The van der Waals surface area contributed by atoms with Crippen LogP contribution in [0.4, 0.5) is 0 Å². The maximum Gasteiger partial charge on any atom is 0.191 e. The van der Waals surface area contributed by atoms with Gasteiger partial charge >= 0.3 is 0 Å². The zero-order valence-corrected chi connectivity index (χ0v) is 6.92. The number of nitrogens with zero attached hydrogens (tertiary/aromatic N) is 2.